The van der Waals surface area contributed by atoms with Crippen molar-refractivity contribution in [3.05, 3.63) is 63.9 Å². The number of halogens is 2. The molecule has 3 aromatic rings. The second-order valence-corrected chi connectivity index (χ2v) is 8.70. The molecule has 2 aromatic carbocycles. The number of hydrogen-bond acceptors (Lipinski definition) is 4. The summed E-state index contributed by atoms with van der Waals surface area (Å²) in [5.41, 5.74) is 2.50. The summed E-state index contributed by atoms with van der Waals surface area (Å²) in [7, 11) is 0. The molecule has 6 nitrogen and oxygen atoms in total. The number of carbonyl (C=O) groups is 2. The van der Waals surface area contributed by atoms with Gasteiger partial charge in [0.25, 0.3) is 0 Å². The van der Waals surface area contributed by atoms with Gasteiger partial charge in [-0.3, -0.25) is 9.59 Å². The van der Waals surface area contributed by atoms with E-state index in [-0.39, 0.29) is 24.3 Å². The van der Waals surface area contributed by atoms with Crippen LogP contribution in [0.3, 0.4) is 0 Å². The van der Waals surface area contributed by atoms with Crippen LogP contribution in [0.5, 0.6) is 0 Å². The number of hydrogen-bond donors (Lipinski definition) is 0. The number of fused-ring (bicyclic) bond motifs is 1. The zero-order valence-electron chi connectivity index (χ0n) is 17.9. The van der Waals surface area contributed by atoms with E-state index in [4.69, 9.17) is 32.9 Å². The Kier molecular flexibility index (Phi) is 7.01. The number of likely N-dealkylation sites (tertiary alicyclic amines) is 1. The lowest BCUT2D eigenvalue weighted by atomic mass is 9.97. The summed E-state index contributed by atoms with van der Waals surface area (Å²) in [5, 5.41) is 1.15. The highest BCUT2D eigenvalue weighted by Crippen LogP contribution is 2.28. The minimum absolute atomic E-state index is 0.00182. The third-order valence-electron chi connectivity index (χ3n) is 5.89. The number of aromatic nitrogens is 2. The lowest BCUT2D eigenvalue weighted by Gasteiger charge is -2.31. The summed E-state index contributed by atoms with van der Waals surface area (Å²) in [6.07, 6.45) is 1.67. The molecule has 2 heterocycles. The molecule has 0 saturated carbocycles. The van der Waals surface area contributed by atoms with Crippen LogP contribution in [0, 0.1) is 5.92 Å². The van der Waals surface area contributed by atoms with E-state index >= 15 is 0 Å². The SMILES string of the molecule is CCOC(=O)C1CCN(C(=O)Cn2c(Cc3c(Cl)cccc3Cl)nc3ccccc32)CC1. The number of para-hydroxylation sites is 2. The molecule has 8 heteroatoms. The van der Waals surface area contributed by atoms with Crippen molar-refractivity contribution in [1.29, 1.82) is 0 Å². The second-order valence-electron chi connectivity index (χ2n) is 7.89. The summed E-state index contributed by atoms with van der Waals surface area (Å²) in [4.78, 5) is 31.7. The predicted octanol–water partition coefficient (Wildman–Crippen LogP) is 4.74. The average molecular weight is 474 g/mol. The fourth-order valence-corrected chi connectivity index (χ4v) is 4.69. The van der Waals surface area contributed by atoms with E-state index in [9.17, 15) is 9.59 Å². The van der Waals surface area contributed by atoms with Crippen molar-refractivity contribution in [2.75, 3.05) is 19.7 Å². The van der Waals surface area contributed by atoms with Gasteiger partial charge in [0.1, 0.15) is 12.4 Å². The summed E-state index contributed by atoms with van der Waals surface area (Å²) in [6.45, 7) is 3.44. The monoisotopic (exact) mass is 473 g/mol. The third kappa shape index (κ3) is 4.76. The first-order chi connectivity index (χ1) is 15.5. The Balaban J connectivity index is 1.54. The first-order valence-corrected chi connectivity index (χ1v) is 11.5. The minimum atomic E-state index is -0.167. The van der Waals surface area contributed by atoms with Crippen LogP contribution >= 0.6 is 23.2 Å². The minimum Gasteiger partial charge on any atom is -0.466 e. The highest BCUT2D eigenvalue weighted by atomic mass is 35.5. The second kappa shape index (κ2) is 9.92. The molecule has 0 unspecified atom stereocenters. The zero-order chi connectivity index (χ0) is 22.7. The van der Waals surface area contributed by atoms with Crippen LogP contribution in [0.25, 0.3) is 11.0 Å². The lowest BCUT2D eigenvalue weighted by molar-refractivity contribution is -0.151. The molecule has 1 aromatic heterocycles. The van der Waals surface area contributed by atoms with Crippen LogP contribution in [0.1, 0.15) is 31.2 Å². The number of benzene rings is 2. The normalized spacial score (nSPS) is 14.7. The highest BCUT2D eigenvalue weighted by molar-refractivity contribution is 6.36. The first-order valence-electron chi connectivity index (χ1n) is 10.8. The number of carbonyl (C=O) groups excluding carboxylic acids is 2. The number of piperidine rings is 1. The number of rotatable bonds is 6. The molecule has 0 radical (unpaired) electrons. The molecule has 1 saturated heterocycles. The molecule has 0 bridgehead atoms. The number of ether oxygens (including phenoxy) is 1. The summed E-state index contributed by atoms with van der Waals surface area (Å²) in [5.74, 6) is 0.433. The van der Waals surface area contributed by atoms with Crippen LogP contribution in [-0.4, -0.2) is 46.0 Å². The molecule has 0 N–H and O–H groups in total. The molecule has 1 fully saturated rings. The smallest absolute Gasteiger partial charge is 0.309 e. The van der Waals surface area contributed by atoms with Crippen molar-refractivity contribution in [3.8, 4) is 0 Å². The van der Waals surface area contributed by atoms with Crippen molar-refractivity contribution in [2.24, 2.45) is 5.92 Å². The van der Waals surface area contributed by atoms with Gasteiger partial charge in [0.2, 0.25) is 5.91 Å². The van der Waals surface area contributed by atoms with E-state index in [1.54, 1.807) is 25.1 Å². The maximum atomic E-state index is 13.2. The molecule has 1 aliphatic rings. The highest BCUT2D eigenvalue weighted by Gasteiger charge is 2.29. The van der Waals surface area contributed by atoms with Crippen molar-refractivity contribution in [2.45, 2.75) is 32.7 Å². The van der Waals surface area contributed by atoms with Crippen LogP contribution in [0.2, 0.25) is 10.0 Å². The summed E-state index contributed by atoms with van der Waals surface area (Å²) in [6, 6.07) is 13.2. The molecule has 4 rings (SSSR count). The molecule has 1 amide bonds. The Bertz CT molecular complexity index is 1120. The van der Waals surface area contributed by atoms with Crippen molar-refractivity contribution >= 4 is 46.1 Å². The van der Waals surface area contributed by atoms with Gasteiger partial charge in [-0.25, -0.2) is 4.98 Å². The van der Waals surface area contributed by atoms with E-state index in [0.717, 1.165) is 22.4 Å². The van der Waals surface area contributed by atoms with Crippen molar-refractivity contribution in [1.82, 2.24) is 14.5 Å². The number of imidazole rings is 1. The van der Waals surface area contributed by atoms with Gasteiger partial charge in [0.05, 0.1) is 23.6 Å². The zero-order valence-corrected chi connectivity index (χ0v) is 19.4. The predicted molar refractivity (Wildman–Crippen MR) is 125 cm³/mol. The molecule has 0 atom stereocenters. The van der Waals surface area contributed by atoms with Gasteiger partial charge >= 0.3 is 5.97 Å². The number of esters is 1. The molecular weight excluding hydrogens is 449 g/mol. The maximum absolute atomic E-state index is 13.2. The van der Waals surface area contributed by atoms with Gasteiger partial charge in [-0.2, -0.15) is 0 Å². The van der Waals surface area contributed by atoms with Gasteiger partial charge in [-0.1, -0.05) is 41.4 Å². The average Bonchev–Trinajstić information content (AvgIpc) is 3.13. The van der Waals surface area contributed by atoms with Crippen molar-refractivity contribution < 1.29 is 14.3 Å². The summed E-state index contributed by atoms with van der Waals surface area (Å²) < 4.78 is 7.07. The number of amides is 1. The van der Waals surface area contributed by atoms with E-state index in [2.05, 4.69) is 0 Å². The Morgan fingerprint density at radius 1 is 1.06 bits per heavy atom. The largest absolute Gasteiger partial charge is 0.466 e. The Morgan fingerprint density at radius 3 is 2.44 bits per heavy atom. The number of nitrogens with zero attached hydrogens (tertiary/aromatic N) is 3. The fourth-order valence-electron chi connectivity index (χ4n) is 4.16. The van der Waals surface area contributed by atoms with Crippen LogP contribution in [0.4, 0.5) is 0 Å². The van der Waals surface area contributed by atoms with Gasteiger partial charge in [0.15, 0.2) is 0 Å². The van der Waals surface area contributed by atoms with E-state index < -0.39 is 0 Å². The molecule has 168 valence electrons. The Labute approximate surface area is 197 Å². The van der Waals surface area contributed by atoms with E-state index in [1.165, 1.54) is 0 Å². The van der Waals surface area contributed by atoms with Crippen LogP contribution in [0.15, 0.2) is 42.5 Å². The van der Waals surface area contributed by atoms with Crippen LogP contribution in [-0.2, 0) is 27.3 Å². The van der Waals surface area contributed by atoms with Crippen molar-refractivity contribution in [3.63, 3.8) is 0 Å². The molecule has 0 aliphatic carbocycles. The molecular formula is C24H25Cl2N3O3. The third-order valence-corrected chi connectivity index (χ3v) is 6.60. The fraction of sp³-hybridized carbons (Fsp3) is 0.375. The van der Waals surface area contributed by atoms with Gasteiger partial charge in [-0.05, 0) is 49.6 Å². The van der Waals surface area contributed by atoms with E-state index in [1.807, 2.05) is 33.7 Å². The lowest BCUT2D eigenvalue weighted by Crippen LogP contribution is -2.42. The summed E-state index contributed by atoms with van der Waals surface area (Å²) >= 11 is 12.8. The molecule has 32 heavy (non-hydrogen) atoms. The topological polar surface area (TPSA) is 64.4 Å². The quantitative estimate of drug-likeness (QED) is 0.485. The van der Waals surface area contributed by atoms with Crippen LogP contribution < -0.4 is 0 Å². The standard InChI is InChI=1S/C24H25Cl2N3O3/c1-2-32-24(31)16-10-12-28(13-11-16)23(30)15-29-21-9-4-3-8-20(21)27-22(29)14-17-18(25)6-5-7-19(17)26/h3-9,16H,2,10-15H2,1H3. The molecule has 1 aliphatic heterocycles. The maximum Gasteiger partial charge on any atom is 0.309 e. The molecule has 0 spiro atoms. The van der Waals surface area contributed by atoms with Gasteiger partial charge < -0.3 is 14.2 Å². The Morgan fingerprint density at radius 2 is 1.75 bits per heavy atom. The first kappa shape index (κ1) is 22.6. The van der Waals surface area contributed by atoms with E-state index in [0.29, 0.717) is 49.0 Å². The van der Waals surface area contributed by atoms with Gasteiger partial charge in [-0.15, -0.1) is 0 Å². The van der Waals surface area contributed by atoms with Gasteiger partial charge in [0, 0.05) is 29.6 Å². The Hall–Kier alpha value is -2.57.